The molecule has 31 heavy (non-hydrogen) atoms. The van der Waals surface area contributed by atoms with Crippen LogP contribution < -0.4 is 15.4 Å². The fraction of sp³-hybridized carbons (Fsp3) is 0.208. The topological polar surface area (TPSA) is 82.6 Å². The van der Waals surface area contributed by atoms with Gasteiger partial charge < -0.3 is 10.6 Å². The molecule has 0 spiro atoms. The molecule has 0 aliphatic heterocycles. The minimum atomic E-state index is -3.28. The van der Waals surface area contributed by atoms with Gasteiger partial charge in [-0.25, -0.2) is 18.1 Å². The molecule has 0 bridgehead atoms. The van der Waals surface area contributed by atoms with E-state index in [1.165, 1.54) is 18.2 Å². The van der Waals surface area contributed by atoms with Crippen molar-refractivity contribution in [1.82, 2.24) is 10.0 Å². The summed E-state index contributed by atoms with van der Waals surface area (Å²) in [4.78, 5) is 4.71. The summed E-state index contributed by atoms with van der Waals surface area (Å²) in [6.45, 7) is 3.19. The molecule has 162 valence electrons. The van der Waals surface area contributed by atoms with Crippen LogP contribution in [-0.2, 0) is 28.9 Å². The van der Waals surface area contributed by atoms with Gasteiger partial charge in [0.25, 0.3) is 0 Å². The lowest BCUT2D eigenvalue weighted by atomic mass is 10.1. The van der Waals surface area contributed by atoms with Crippen LogP contribution in [0.25, 0.3) is 0 Å². The molecule has 0 aliphatic carbocycles. The maximum Gasteiger partial charge on any atom is 0.215 e. The molecule has 0 aliphatic rings. The van der Waals surface area contributed by atoms with Gasteiger partial charge in [-0.3, -0.25) is 0 Å². The van der Waals surface area contributed by atoms with Crippen molar-refractivity contribution < 1.29 is 8.42 Å². The van der Waals surface area contributed by atoms with Crippen molar-refractivity contribution in [2.45, 2.75) is 25.8 Å². The zero-order chi connectivity index (χ0) is 22.1. The number of aryl methyl sites for hydroxylation is 1. The molecular weight excluding hydrogens is 408 g/mol. The van der Waals surface area contributed by atoms with Gasteiger partial charge in [0.15, 0.2) is 5.96 Å². The van der Waals surface area contributed by atoms with Gasteiger partial charge in [0, 0.05) is 12.2 Å². The average Bonchev–Trinajstić information content (AvgIpc) is 2.78. The Bertz CT molecular complexity index is 1090. The summed E-state index contributed by atoms with van der Waals surface area (Å²) in [5.41, 5.74) is 5.08. The van der Waals surface area contributed by atoms with Gasteiger partial charge in [0.1, 0.15) is 0 Å². The number of benzene rings is 3. The number of anilines is 1. The normalized spacial score (nSPS) is 11.9. The monoisotopic (exact) mass is 436 g/mol. The lowest BCUT2D eigenvalue weighted by Crippen LogP contribution is -2.30. The van der Waals surface area contributed by atoms with Crippen LogP contribution in [-0.4, -0.2) is 21.4 Å². The van der Waals surface area contributed by atoms with Crippen molar-refractivity contribution >= 4 is 21.7 Å². The molecule has 0 saturated carbocycles. The van der Waals surface area contributed by atoms with Crippen LogP contribution in [0.2, 0.25) is 0 Å². The van der Waals surface area contributed by atoms with Crippen LogP contribution in [0.5, 0.6) is 0 Å². The fourth-order valence-electron chi connectivity index (χ4n) is 2.89. The molecule has 7 heteroatoms. The van der Waals surface area contributed by atoms with Gasteiger partial charge in [0.05, 0.1) is 12.3 Å². The van der Waals surface area contributed by atoms with E-state index in [-0.39, 0.29) is 5.75 Å². The van der Waals surface area contributed by atoms with E-state index >= 15 is 0 Å². The SMILES string of the molecule is CNS(=O)(=O)Cc1ccc(CN=C(NCc2ccc(C)cc2)Nc2ccccc2)cc1. The fourth-order valence-corrected chi connectivity index (χ4v) is 3.67. The number of sulfonamides is 1. The van der Waals surface area contributed by atoms with Crippen LogP contribution in [0.1, 0.15) is 22.3 Å². The Morgan fingerprint density at radius 3 is 2.10 bits per heavy atom. The van der Waals surface area contributed by atoms with Gasteiger partial charge in [-0.15, -0.1) is 0 Å². The second kappa shape index (κ2) is 10.7. The van der Waals surface area contributed by atoms with Gasteiger partial charge in [-0.05, 0) is 42.8 Å². The highest BCUT2D eigenvalue weighted by atomic mass is 32.2. The van der Waals surface area contributed by atoms with Crippen LogP contribution in [0.4, 0.5) is 5.69 Å². The summed E-state index contributed by atoms with van der Waals surface area (Å²) in [6.07, 6.45) is 0. The Hall–Kier alpha value is -3.16. The minimum absolute atomic E-state index is 0.0357. The average molecular weight is 437 g/mol. The van der Waals surface area contributed by atoms with E-state index in [4.69, 9.17) is 4.99 Å². The predicted molar refractivity (Wildman–Crippen MR) is 127 cm³/mol. The number of nitrogens with one attached hydrogen (secondary N) is 3. The Morgan fingerprint density at radius 1 is 0.839 bits per heavy atom. The van der Waals surface area contributed by atoms with Crippen molar-refractivity contribution in [3.8, 4) is 0 Å². The van der Waals surface area contributed by atoms with E-state index < -0.39 is 10.0 Å². The van der Waals surface area contributed by atoms with Gasteiger partial charge >= 0.3 is 0 Å². The number of nitrogens with zero attached hydrogens (tertiary/aromatic N) is 1. The molecule has 0 radical (unpaired) electrons. The molecule has 0 heterocycles. The first-order valence-corrected chi connectivity index (χ1v) is 11.7. The summed E-state index contributed by atoms with van der Waals surface area (Å²) in [6, 6.07) is 25.7. The number of guanidine groups is 1. The predicted octanol–water partition coefficient (Wildman–Crippen LogP) is 3.80. The van der Waals surface area contributed by atoms with E-state index in [1.807, 2.05) is 54.6 Å². The van der Waals surface area contributed by atoms with Crippen LogP contribution >= 0.6 is 0 Å². The highest BCUT2D eigenvalue weighted by Crippen LogP contribution is 2.10. The summed E-state index contributed by atoms with van der Waals surface area (Å²) in [5, 5.41) is 6.71. The zero-order valence-corrected chi connectivity index (χ0v) is 18.6. The second-order valence-electron chi connectivity index (χ2n) is 7.27. The molecule has 6 nitrogen and oxygen atoms in total. The Morgan fingerprint density at radius 2 is 1.45 bits per heavy atom. The van der Waals surface area contributed by atoms with Crippen LogP contribution in [0.3, 0.4) is 0 Å². The third kappa shape index (κ3) is 7.55. The molecular formula is C24H28N4O2S. The lowest BCUT2D eigenvalue weighted by molar-refractivity contribution is 0.587. The summed E-state index contributed by atoms with van der Waals surface area (Å²) in [5.74, 6) is 0.639. The lowest BCUT2D eigenvalue weighted by Gasteiger charge is -2.13. The van der Waals surface area contributed by atoms with Gasteiger partial charge in [-0.2, -0.15) is 0 Å². The van der Waals surface area contributed by atoms with Crippen molar-refractivity contribution in [1.29, 1.82) is 0 Å². The molecule has 0 amide bonds. The third-order valence-corrected chi connectivity index (χ3v) is 6.06. The number of rotatable bonds is 8. The van der Waals surface area contributed by atoms with E-state index in [0.29, 0.717) is 19.0 Å². The minimum Gasteiger partial charge on any atom is -0.352 e. The first-order chi connectivity index (χ1) is 14.9. The first kappa shape index (κ1) is 22.5. The standard InChI is InChI=1S/C24H28N4O2S/c1-19-8-10-20(11-9-19)16-26-24(28-23-6-4-3-5-7-23)27-17-21-12-14-22(15-13-21)18-31(29,30)25-2/h3-15,25H,16-18H2,1-2H3,(H2,26,27,28). The molecule has 0 aromatic heterocycles. The molecule has 0 unspecified atom stereocenters. The number of hydrogen-bond acceptors (Lipinski definition) is 3. The molecule has 0 saturated heterocycles. The molecule has 3 aromatic rings. The summed E-state index contributed by atoms with van der Waals surface area (Å²) < 4.78 is 25.7. The number of para-hydroxylation sites is 1. The van der Waals surface area contributed by atoms with E-state index in [1.54, 1.807) is 0 Å². The maximum atomic E-state index is 11.7. The largest absolute Gasteiger partial charge is 0.352 e. The summed E-state index contributed by atoms with van der Waals surface area (Å²) in [7, 11) is -1.86. The Balaban J connectivity index is 1.69. The number of hydrogen-bond donors (Lipinski definition) is 3. The van der Waals surface area contributed by atoms with Gasteiger partial charge in [0.2, 0.25) is 10.0 Å². The molecule has 3 N–H and O–H groups in total. The molecule has 3 rings (SSSR count). The van der Waals surface area contributed by atoms with Gasteiger partial charge in [-0.1, -0.05) is 72.3 Å². The second-order valence-corrected chi connectivity index (χ2v) is 9.20. The van der Waals surface area contributed by atoms with E-state index in [2.05, 4.69) is 46.5 Å². The van der Waals surface area contributed by atoms with Crippen molar-refractivity contribution in [3.63, 3.8) is 0 Å². The maximum absolute atomic E-state index is 11.7. The van der Waals surface area contributed by atoms with Crippen molar-refractivity contribution in [3.05, 3.63) is 101 Å². The Kier molecular flexibility index (Phi) is 7.81. The zero-order valence-electron chi connectivity index (χ0n) is 17.8. The van der Waals surface area contributed by atoms with Crippen molar-refractivity contribution in [2.75, 3.05) is 12.4 Å². The smallest absolute Gasteiger partial charge is 0.215 e. The highest BCUT2D eigenvalue weighted by molar-refractivity contribution is 7.88. The van der Waals surface area contributed by atoms with Crippen molar-refractivity contribution in [2.24, 2.45) is 4.99 Å². The molecule has 0 atom stereocenters. The Labute approximate surface area is 184 Å². The molecule has 0 fully saturated rings. The summed E-state index contributed by atoms with van der Waals surface area (Å²) >= 11 is 0. The third-order valence-electron chi connectivity index (χ3n) is 4.73. The quantitative estimate of drug-likeness (QED) is 0.371. The van der Waals surface area contributed by atoms with E-state index in [9.17, 15) is 8.42 Å². The van der Waals surface area contributed by atoms with E-state index in [0.717, 1.165) is 16.8 Å². The number of aliphatic imine (C=N–C) groups is 1. The first-order valence-electron chi connectivity index (χ1n) is 10.1. The van der Waals surface area contributed by atoms with Crippen LogP contribution in [0.15, 0.2) is 83.9 Å². The molecule has 3 aromatic carbocycles. The van der Waals surface area contributed by atoms with Crippen LogP contribution in [0, 0.1) is 6.92 Å². The highest BCUT2D eigenvalue weighted by Gasteiger charge is 2.08.